The Labute approximate surface area is 134 Å². The maximum Gasteiger partial charge on any atom is 0.259 e. The van der Waals surface area contributed by atoms with Gasteiger partial charge in [0.2, 0.25) is 5.91 Å². The fraction of sp³-hybridized carbons (Fsp3) is 0.263. The van der Waals surface area contributed by atoms with Crippen LogP contribution in [0.25, 0.3) is 0 Å². The van der Waals surface area contributed by atoms with Gasteiger partial charge < -0.3 is 5.32 Å². The third kappa shape index (κ3) is 1.41. The number of anilines is 1. The van der Waals surface area contributed by atoms with Crippen LogP contribution in [0.1, 0.15) is 40.2 Å². The highest BCUT2D eigenvalue weighted by atomic mass is 16.2. The first kappa shape index (κ1) is 12.9. The molecule has 3 heterocycles. The van der Waals surface area contributed by atoms with Crippen molar-refractivity contribution in [3.63, 3.8) is 0 Å². The number of nitrogens with zero attached hydrogens (tertiary/aromatic N) is 1. The van der Waals surface area contributed by atoms with Crippen LogP contribution < -0.4 is 10.2 Å². The minimum absolute atomic E-state index is 0.0220. The summed E-state index contributed by atoms with van der Waals surface area (Å²) in [5.74, 6) is 0.152. The van der Waals surface area contributed by atoms with Crippen molar-refractivity contribution in [3.8, 4) is 0 Å². The normalized spacial score (nSPS) is 27.7. The Balaban J connectivity index is 1.84. The number of amides is 2. The molecular formula is C19H16N2O2. The monoisotopic (exact) mass is 304 g/mol. The number of nitrogens with one attached hydrogen (secondary N) is 1. The molecule has 0 radical (unpaired) electrons. The second kappa shape index (κ2) is 4.22. The van der Waals surface area contributed by atoms with E-state index in [2.05, 4.69) is 17.4 Å². The average Bonchev–Trinajstić information content (AvgIpc) is 2.90. The van der Waals surface area contributed by atoms with Crippen molar-refractivity contribution in [1.29, 1.82) is 0 Å². The highest BCUT2D eigenvalue weighted by Crippen LogP contribution is 2.60. The summed E-state index contributed by atoms with van der Waals surface area (Å²) in [6.07, 6.45) is 1.18. The number of fused-ring (bicyclic) bond motifs is 4. The number of para-hydroxylation sites is 1. The molecule has 1 fully saturated rings. The minimum Gasteiger partial charge on any atom is -0.356 e. The lowest BCUT2D eigenvalue weighted by Crippen LogP contribution is -2.44. The first-order chi connectivity index (χ1) is 11.2. The van der Waals surface area contributed by atoms with Crippen LogP contribution in [0.4, 0.5) is 5.69 Å². The number of hydrogen-bond acceptors (Lipinski definition) is 2. The molecule has 4 nitrogen and oxygen atoms in total. The zero-order valence-corrected chi connectivity index (χ0v) is 12.6. The SMILES string of the molecule is O=C1C[C@@H]2c3ccccc3N3C(=O)c4ccccc4[C@@]23CCN1. The van der Waals surface area contributed by atoms with Gasteiger partial charge in [-0.2, -0.15) is 0 Å². The number of hydrogen-bond donors (Lipinski definition) is 1. The van der Waals surface area contributed by atoms with Gasteiger partial charge in [-0.3, -0.25) is 14.5 Å². The Morgan fingerprint density at radius 2 is 1.83 bits per heavy atom. The van der Waals surface area contributed by atoms with E-state index >= 15 is 0 Å². The largest absolute Gasteiger partial charge is 0.356 e. The van der Waals surface area contributed by atoms with Crippen molar-refractivity contribution in [2.45, 2.75) is 24.3 Å². The molecule has 2 aromatic rings. The van der Waals surface area contributed by atoms with Crippen molar-refractivity contribution < 1.29 is 9.59 Å². The highest BCUT2D eigenvalue weighted by molar-refractivity contribution is 6.14. The van der Waals surface area contributed by atoms with Gasteiger partial charge in [0.15, 0.2) is 0 Å². The lowest BCUT2D eigenvalue weighted by Gasteiger charge is -2.36. The molecule has 0 aromatic heterocycles. The molecular weight excluding hydrogens is 288 g/mol. The summed E-state index contributed by atoms with van der Waals surface area (Å²) in [6.45, 7) is 0.599. The van der Waals surface area contributed by atoms with Crippen LogP contribution in [-0.4, -0.2) is 18.4 Å². The van der Waals surface area contributed by atoms with E-state index in [1.807, 2.05) is 41.3 Å². The minimum atomic E-state index is -0.420. The summed E-state index contributed by atoms with van der Waals surface area (Å²) in [5, 5.41) is 2.98. The van der Waals surface area contributed by atoms with E-state index in [1.165, 1.54) is 0 Å². The molecule has 0 aliphatic carbocycles. The summed E-state index contributed by atoms with van der Waals surface area (Å²) in [4.78, 5) is 27.3. The molecule has 114 valence electrons. The maximum atomic E-state index is 13.1. The van der Waals surface area contributed by atoms with Crippen LogP contribution in [0.15, 0.2) is 48.5 Å². The van der Waals surface area contributed by atoms with Gasteiger partial charge in [-0.25, -0.2) is 0 Å². The van der Waals surface area contributed by atoms with Gasteiger partial charge >= 0.3 is 0 Å². The van der Waals surface area contributed by atoms with Crippen LogP contribution in [0.2, 0.25) is 0 Å². The van der Waals surface area contributed by atoms with Gasteiger partial charge in [-0.15, -0.1) is 0 Å². The van der Waals surface area contributed by atoms with Crippen LogP contribution in [0.3, 0.4) is 0 Å². The van der Waals surface area contributed by atoms with Crippen molar-refractivity contribution in [2.24, 2.45) is 0 Å². The summed E-state index contributed by atoms with van der Waals surface area (Å²) >= 11 is 0. The molecule has 1 N–H and O–H groups in total. The molecule has 5 rings (SSSR count). The fourth-order valence-electron chi connectivity index (χ4n) is 4.73. The van der Waals surface area contributed by atoms with E-state index in [0.717, 1.165) is 28.8 Å². The van der Waals surface area contributed by atoms with Crippen molar-refractivity contribution >= 4 is 17.5 Å². The molecule has 2 amide bonds. The Bertz CT molecular complexity index is 860. The van der Waals surface area contributed by atoms with E-state index in [9.17, 15) is 9.59 Å². The Morgan fingerprint density at radius 1 is 1.04 bits per heavy atom. The Kier molecular flexibility index (Phi) is 2.36. The molecule has 23 heavy (non-hydrogen) atoms. The van der Waals surface area contributed by atoms with Gasteiger partial charge in [0.05, 0.1) is 5.54 Å². The molecule has 3 aliphatic heterocycles. The summed E-state index contributed by atoms with van der Waals surface area (Å²) in [6, 6.07) is 15.9. The second-order valence-corrected chi connectivity index (χ2v) is 6.53. The van der Waals surface area contributed by atoms with Crippen molar-refractivity contribution in [1.82, 2.24) is 5.32 Å². The van der Waals surface area contributed by atoms with Crippen LogP contribution in [0.5, 0.6) is 0 Å². The van der Waals surface area contributed by atoms with Gasteiger partial charge in [0.25, 0.3) is 5.91 Å². The lowest BCUT2D eigenvalue weighted by molar-refractivity contribution is -0.121. The predicted molar refractivity (Wildman–Crippen MR) is 86.4 cm³/mol. The first-order valence-corrected chi connectivity index (χ1v) is 8.03. The third-order valence-electron chi connectivity index (χ3n) is 5.57. The fourth-order valence-corrected chi connectivity index (χ4v) is 4.73. The molecule has 3 aliphatic rings. The Hall–Kier alpha value is -2.62. The van der Waals surface area contributed by atoms with Crippen molar-refractivity contribution in [3.05, 3.63) is 65.2 Å². The van der Waals surface area contributed by atoms with E-state index in [4.69, 9.17) is 0 Å². The summed E-state index contributed by atoms with van der Waals surface area (Å²) in [7, 11) is 0. The van der Waals surface area contributed by atoms with Gasteiger partial charge in [0.1, 0.15) is 0 Å². The first-order valence-electron chi connectivity index (χ1n) is 8.03. The van der Waals surface area contributed by atoms with Gasteiger partial charge in [-0.1, -0.05) is 36.4 Å². The van der Waals surface area contributed by atoms with Crippen LogP contribution >= 0.6 is 0 Å². The second-order valence-electron chi connectivity index (χ2n) is 6.53. The summed E-state index contributed by atoms with van der Waals surface area (Å²) < 4.78 is 0. The molecule has 1 saturated heterocycles. The van der Waals surface area contributed by atoms with E-state index in [-0.39, 0.29) is 17.7 Å². The van der Waals surface area contributed by atoms with Crippen molar-refractivity contribution in [2.75, 3.05) is 11.4 Å². The van der Waals surface area contributed by atoms with E-state index < -0.39 is 5.54 Å². The quantitative estimate of drug-likeness (QED) is 0.813. The molecule has 1 spiro atoms. The zero-order valence-electron chi connectivity index (χ0n) is 12.6. The number of carbonyl (C=O) groups is 2. The molecule has 2 atom stereocenters. The Morgan fingerprint density at radius 3 is 2.74 bits per heavy atom. The standard InChI is InChI=1S/C19H16N2O2/c22-17-11-15-12-5-2-4-8-16(12)21-18(23)13-6-1-3-7-14(13)19(15,21)9-10-20-17/h1-8,15H,9-11H2,(H,20,22)/t15-,19+/m1/s1. The third-order valence-corrected chi connectivity index (χ3v) is 5.57. The average molecular weight is 304 g/mol. The molecule has 0 saturated carbocycles. The van der Waals surface area contributed by atoms with Gasteiger partial charge in [-0.05, 0) is 29.7 Å². The molecule has 2 aromatic carbocycles. The zero-order chi connectivity index (χ0) is 15.6. The maximum absolute atomic E-state index is 13.1. The van der Waals surface area contributed by atoms with Crippen LogP contribution in [0, 0.1) is 0 Å². The van der Waals surface area contributed by atoms with Crippen LogP contribution in [-0.2, 0) is 10.3 Å². The lowest BCUT2D eigenvalue weighted by atomic mass is 9.74. The smallest absolute Gasteiger partial charge is 0.259 e. The van der Waals surface area contributed by atoms with E-state index in [1.54, 1.807) is 0 Å². The van der Waals surface area contributed by atoms with E-state index in [0.29, 0.717) is 13.0 Å². The highest BCUT2D eigenvalue weighted by Gasteiger charge is 2.60. The van der Waals surface area contributed by atoms with Gasteiger partial charge in [0, 0.05) is 30.1 Å². The molecule has 0 unspecified atom stereocenters. The number of benzene rings is 2. The predicted octanol–water partition coefficient (Wildman–Crippen LogP) is 2.55. The summed E-state index contributed by atoms with van der Waals surface area (Å²) in [5.41, 5.74) is 3.51. The number of rotatable bonds is 0. The molecule has 4 heteroatoms. The molecule has 0 bridgehead atoms. The number of carbonyl (C=O) groups excluding carboxylic acids is 2. The topological polar surface area (TPSA) is 49.4 Å².